The van der Waals surface area contributed by atoms with E-state index in [0.717, 1.165) is 0 Å². The van der Waals surface area contributed by atoms with E-state index >= 15 is 0 Å². The molecule has 0 aliphatic heterocycles. The van der Waals surface area contributed by atoms with Gasteiger partial charge in [-0.2, -0.15) is 5.26 Å². The fourth-order valence-electron chi connectivity index (χ4n) is 1.31. The third-order valence-electron chi connectivity index (χ3n) is 2.35. The number of carbonyl (C=O) groups is 1. The number of nitrogens with zero attached hydrogens (tertiary/aromatic N) is 1. The summed E-state index contributed by atoms with van der Waals surface area (Å²) in [4.78, 5) is 12.0. The number of rotatable bonds is 3. The maximum absolute atomic E-state index is 12.0. The molecule has 19 heavy (non-hydrogen) atoms. The fraction of sp³-hybridized carbons (Fsp3) is 0.286. The van der Waals surface area contributed by atoms with Crippen molar-refractivity contribution in [3.05, 3.63) is 40.0 Å². The SMILES string of the molecule is CC(C)(C)C(=O)/C(C#N)=C\Nc1ccc(Cl)cc1Cl. The standard InChI is InChI=1S/C14H14Cl2N2O/c1-14(2,3)13(19)9(7-17)8-18-12-5-4-10(15)6-11(12)16/h4-6,8,18H,1-3H3/b9-8-. The van der Waals surface area contributed by atoms with E-state index in [1.54, 1.807) is 39.0 Å². The molecular weight excluding hydrogens is 283 g/mol. The first kappa shape index (κ1) is 15.6. The van der Waals surface area contributed by atoms with Crippen LogP contribution in [0.4, 0.5) is 5.69 Å². The van der Waals surface area contributed by atoms with Crippen LogP contribution in [0.1, 0.15) is 20.8 Å². The molecule has 100 valence electrons. The van der Waals surface area contributed by atoms with Gasteiger partial charge < -0.3 is 5.32 Å². The average molecular weight is 297 g/mol. The highest BCUT2D eigenvalue weighted by atomic mass is 35.5. The molecule has 1 rings (SSSR count). The van der Waals surface area contributed by atoms with Crippen LogP contribution in [0.2, 0.25) is 10.0 Å². The van der Waals surface area contributed by atoms with E-state index in [9.17, 15) is 4.79 Å². The largest absolute Gasteiger partial charge is 0.359 e. The predicted octanol–water partition coefficient (Wildman–Crippen LogP) is 4.43. The molecule has 0 saturated carbocycles. The van der Waals surface area contributed by atoms with Crippen molar-refractivity contribution in [2.75, 3.05) is 5.32 Å². The first-order valence-corrected chi connectivity index (χ1v) is 6.38. The molecule has 0 bridgehead atoms. The summed E-state index contributed by atoms with van der Waals surface area (Å²) in [5.41, 5.74) is 0.0339. The van der Waals surface area contributed by atoms with Gasteiger partial charge in [0.2, 0.25) is 0 Å². The van der Waals surface area contributed by atoms with E-state index in [4.69, 9.17) is 28.5 Å². The molecule has 0 atom stereocenters. The first-order chi connectivity index (χ1) is 8.75. The Morgan fingerprint density at radius 2 is 2.00 bits per heavy atom. The molecule has 3 nitrogen and oxygen atoms in total. The summed E-state index contributed by atoms with van der Waals surface area (Å²) in [5, 5.41) is 12.8. The molecule has 1 aromatic rings. The molecule has 1 N–H and O–H groups in total. The molecule has 0 radical (unpaired) electrons. The molecule has 0 aliphatic carbocycles. The van der Waals surface area contributed by atoms with E-state index < -0.39 is 5.41 Å². The Kier molecular flexibility index (Phi) is 4.99. The minimum absolute atomic E-state index is 0.0542. The third kappa shape index (κ3) is 4.27. The zero-order valence-corrected chi connectivity index (χ0v) is 12.4. The summed E-state index contributed by atoms with van der Waals surface area (Å²) in [5.74, 6) is -0.229. The van der Waals surface area contributed by atoms with Gasteiger partial charge in [-0.1, -0.05) is 44.0 Å². The van der Waals surface area contributed by atoms with Crippen LogP contribution in [-0.4, -0.2) is 5.78 Å². The highest BCUT2D eigenvalue weighted by molar-refractivity contribution is 6.36. The van der Waals surface area contributed by atoms with Gasteiger partial charge in [0.1, 0.15) is 11.6 Å². The number of nitrogens with one attached hydrogen (secondary N) is 1. The number of allylic oxidation sites excluding steroid dienone is 1. The Hall–Kier alpha value is -1.50. The molecular formula is C14H14Cl2N2O. The molecule has 0 amide bonds. The Balaban J connectivity index is 2.96. The highest BCUT2D eigenvalue weighted by Gasteiger charge is 2.24. The van der Waals surface area contributed by atoms with Gasteiger partial charge in [-0.05, 0) is 18.2 Å². The van der Waals surface area contributed by atoms with Crippen molar-refractivity contribution in [2.45, 2.75) is 20.8 Å². The van der Waals surface area contributed by atoms with Crippen molar-refractivity contribution in [2.24, 2.45) is 5.41 Å². The van der Waals surface area contributed by atoms with Crippen LogP contribution in [0.15, 0.2) is 30.0 Å². The minimum Gasteiger partial charge on any atom is -0.359 e. The van der Waals surface area contributed by atoms with Gasteiger partial charge in [0.25, 0.3) is 0 Å². The van der Waals surface area contributed by atoms with E-state index in [2.05, 4.69) is 5.32 Å². The van der Waals surface area contributed by atoms with Gasteiger partial charge in [0, 0.05) is 16.6 Å². The summed E-state index contributed by atoms with van der Waals surface area (Å²) in [7, 11) is 0. The molecule has 1 aromatic carbocycles. The lowest BCUT2D eigenvalue weighted by molar-refractivity contribution is -0.122. The van der Waals surface area contributed by atoms with Crippen LogP contribution in [0.5, 0.6) is 0 Å². The van der Waals surface area contributed by atoms with Crippen molar-refractivity contribution >= 4 is 34.7 Å². The van der Waals surface area contributed by atoms with Gasteiger partial charge in [0.05, 0.1) is 10.7 Å². The molecule has 0 aliphatic rings. The number of anilines is 1. The second-order valence-corrected chi connectivity index (χ2v) is 5.86. The van der Waals surface area contributed by atoms with Crippen molar-refractivity contribution in [1.29, 1.82) is 5.26 Å². The molecule has 0 saturated heterocycles. The molecule has 0 spiro atoms. The van der Waals surface area contributed by atoms with E-state index in [-0.39, 0.29) is 11.4 Å². The third-order valence-corrected chi connectivity index (χ3v) is 2.90. The molecule has 0 heterocycles. The number of carbonyl (C=O) groups excluding carboxylic acids is 1. The molecule has 0 fully saturated rings. The summed E-state index contributed by atoms with van der Waals surface area (Å²) in [6.07, 6.45) is 1.36. The van der Waals surface area contributed by atoms with Crippen molar-refractivity contribution in [3.63, 3.8) is 0 Å². The van der Waals surface area contributed by atoms with Gasteiger partial charge in [-0.3, -0.25) is 4.79 Å². The van der Waals surface area contributed by atoms with E-state index in [1.807, 2.05) is 6.07 Å². The van der Waals surface area contributed by atoms with Gasteiger partial charge >= 0.3 is 0 Å². The van der Waals surface area contributed by atoms with Crippen LogP contribution >= 0.6 is 23.2 Å². The van der Waals surface area contributed by atoms with E-state index in [1.165, 1.54) is 6.20 Å². The normalized spacial score (nSPS) is 11.9. The summed E-state index contributed by atoms with van der Waals surface area (Å²) < 4.78 is 0. The first-order valence-electron chi connectivity index (χ1n) is 5.62. The van der Waals surface area contributed by atoms with Crippen molar-refractivity contribution < 1.29 is 4.79 Å². The van der Waals surface area contributed by atoms with E-state index in [0.29, 0.717) is 15.7 Å². The Morgan fingerprint density at radius 3 is 2.47 bits per heavy atom. The Bertz CT molecular complexity index is 566. The Morgan fingerprint density at radius 1 is 1.37 bits per heavy atom. The number of hydrogen-bond acceptors (Lipinski definition) is 3. The van der Waals surface area contributed by atoms with Crippen LogP contribution < -0.4 is 5.32 Å². The number of benzene rings is 1. The number of halogens is 2. The molecule has 0 aromatic heterocycles. The van der Waals surface area contributed by atoms with Crippen LogP contribution in [0.3, 0.4) is 0 Å². The second-order valence-electron chi connectivity index (χ2n) is 5.02. The van der Waals surface area contributed by atoms with Crippen molar-refractivity contribution in [1.82, 2.24) is 0 Å². The number of ketones is 1. The second kappa shape index (κ2) is 6.10. The quantitative estimate of drug-likeness (QED) is 0.663. The fourth-order valence-corrected chi connectivity index (χ4v) is 1.77. The summed E-state index contributed by atoms with van der Waals surface area (Å²) >= 11 is 11.8. The van der Waals surface area contributed by atoms with Gasteiger partial charge in [-0.15, -0.1) is 0 Å². The van der Waals surface area contributed by atoms with Crippen molar-refractivity contribution in [3.8, 4) is 6.07 Å². The molecule has 0 unspecified atom stereocenters. The van der Waals surface area contributed by atoms with Gasteiger partial charge in [0.15, 0.2) is 5.78 Å². The number of hydrogen-bond donors (Lipinski definition) is 1. The van der Waals surface area contributed by atoms with Gasteiger partial charge in [-0.25, -0.2) is 0 Å². The lowest BCUT2D eigenvalue weighted by atomic mass is 9.87. The summed E-state index contributed by atoms with van der Waals surface area (Å²) in [6.45, 7) is 5.28. The predicted molar refractivity (Wildman–Crippen MR) is 78.2 cm³/mol. The monoisotopic (exact) mass is 296 g/mol. The van der Waals surface area contributed by atoms with Crippen LogP contribution in [0, 0.1) is 16.7 Å². The summed E-state index contributed by atoms with van der Waals surface area (Å²) in [6, 6.07) is 6.82. The number of nitriles is 1. The number of Topliss-reactive ketones (excluding diaryl/α,β-unsaturated/α-hetero) is 1. The maximum Gasteiger partial charge on any atom is 0.180 e. The lowest BCUT2D eigenvalue weighted by Crippen LogP contribution is -2.22. The smallest absolute Gasteiger partial charge is 0.180 e. The maximum atomic E-state index is 12.0. The topological polar surface area (TPSA) is 52.9 Å². The average Bonchev–Trinajstić information content (AvgIpc) is 2.30. The minimum atomic E-state index is -0.604. The Labute approximate surface area is 122 Å². The highest BCUT2D eigenvalue weighted by Crippen LogP contribution is 2.26. The lowest BCUT2D eigenvalue weighted by Gasteiger charge is -2.15. The van der Waals surface area contributed by atoms with Crippen LogP contribution in [0.25, 0.3) is 0 Å². The van der Waals surface area contributed by atoms with Crippen LogP contribution in [-0.2, 0) is 4.79 Å². The zero-order chi connectivity index (χ0) is 14.6. The zero-order valence-electron chi connectivity index (χ0n) is 10.9. The molecule has 5 heteroatoms.